The van der Waals surface area contributed by atoms with Crippen molar-refractivity contribution < 1.29 is 9.59 Å². The number of hydrogen-bond acceptors (Lipinski definition) is 5. The average Bonchev–Trinajstić information content (AvgIpc) is 3.10. The Morgan fingerprint density at radius 2 is 1.71 bits per heavy atom. The number of Topliss-reactive ketones (excluding diaryl/α,β-unsaturated/α-hetero) is 1. The summed E-state index contributed by atoms with van der Waals surface area (Å²) >= 11 is 14.0. The van der Waals surface area contributed by atoms with Gasteiger partial charge in [0.05, 0.1) is 12.2 Å². The molecule has 0 saturated carbocycles. The Morgan fingerprint density at radius 3 is 2.41 bits per heavy atom. The topological polar surface area (TPSA) is 56.8 Å². The van der Waals surface area contributed by atoms with E-state index >= 15 is 0 Å². The summed E-state index contributed by atoms with van der Waals surface area (Å²) in [6.45, 7) is 4.71. The standard InChI is InChI=1S/C32H41Br2ClN4O2/c1-37(2)11-3-4-29(41)39-14-9-21(10-15-39)28(40)20-38-12-7-22(8-13-38)31-30-23(17-26(35)18-27(30)34)5-6-24-16-25(33)19-36-32(24)31/h16-19,21-22,31H,3-15,20H2,1-2H3/t31-/m1/s1. The fourth-order valence-electron chi connectivity index (χ4n) is 6.98. The average molecular weight is 709 g/mol. The zero-order valence-corrected chi connectivity index (χ0v) is 28.1. The Bertz CT molecular complexity index is 1260. The summed E-state index contributed by atoms with van der Waals surface area (Å²) in [6, 6.07) is 6.38. The Hall–Kier alpha value is -1.32. The number of aromatic nitrogens is 1. The maximum absolute atomic E-state index is 13.3. The van der Waals surface area contributed by atoms with Crippen LogP contribution in [0.25, 0.3) is 0 Å². The summed E-state index contributed by atoms with van der Waals surface area (Å²) < 4.78 is 2.09. The Labute approximate surface area is 266 Å². The van der Waals surface area contributed by atoms with E-state index in [0.717, 1.165) is 78.5 Å². The van der Waals surface area contributed by atoms with Gasteiger partial charge in [-0.3, -0.25) is 19.5 Å². The number of ketones is 1. The molecule has 1 atom stereocenters. The third-order valence-corrected chi connectivity index (χ3v) is 10.5. The van der Waals surface area contributed by atoms with Gasteiger partial charge in [-0.2, -0.15) is 0 Å². The number of nitrogens with zero attached hydrogens (tertiary/aromatic N) is 4. The van der Waals surface area contributed by atoms with Gasteiger partial charge in [-0.25, -0.2) is 0 Å². The van der Waals surface area contributed by atoms with Gasteiger partial charge in [0.1, 0.15) is 5.78 Å². The van der Waals surface area contributed by atoms with Gasteiger partial charge in [-0.15, -0.1) is 0 Å². The first-order valence-corrected chi connectivity index (χ1v) is 17.0. The van der Waals surface area contributed by atoms with Gasteiger partial charge < -0.3 is 9.80 Å². The molecule has 2 saturated heterocycles. The van der Waals surface area contributed by atoms with Gasteiger partial charge in [0.2, 0.25) is 5.91 Å². The summed E-state index contributed by atoms with van der Waals surface area (Å²) in [6.07, 6.45) is 8.96. The molecule has 0 N–H and O–H groups in total. The van der Waals surface area contributed by atoms with Crippen LogP contribution in [0.2, 0.25) is 5.02 Å². The van der Waals surface area contributed by atoms with E-state index < -0.39 is 0 Å². The molecule has 1 amide bonds. The lowest BCUT2D eigenvalue weighted by Crippen LogP contribution is -2.44. The molecule has 2 aliphatic heterocycles. The van der Waals surface area contributed by atoms with E-state index in [0.29, 0.717) is 37.8 Å². The molecule has 1 aromatic carbocycles. The van der Waals surface area contributed by atoms with Crippen molar-refractivity contribution in [1.82, 2.24) is 19.7 Å². The van der Waals surface area contributed by atoms with Gasteiger partial charge in [-0.1, -0.05) is 27.5 Å². The number of fused-ring (bicyclic) bond motifs is 2. The Kier molecular flexibility index (Phi) is 10.6. The molecule has 2 fully saturated rings. The van der Waals surface area contributed by atoms with E-state index in [9.17, 15) is 9.59 Å². The first kappa shape index (κ1) is 31.1. The molecular formula is C32H41Br2ClN4O2. The Balaban J connectivity index is 1.19. The van der Waals surface area contributed by atoms with Crippen molar-refractivity contribution in [2.45, 2.75) is 57.3 Å². The van der Waals surface area contributed by atoms with Gasteiger partial charge in [-0.05, 0) is 135 Å². The molecule has 0 unspecified atom stereocenters. The first-order chi connectivity index (χ1) is 19.7. The number of piperidine rings is 2. The number of halogens is 3. The van der Waals surface area contributed by atoms with Crippen molar-refractivity contribution in [2.75, 3.05) is 53.4 Å². The number of amides is 1. The van der Waals surface area contributed by atoms with Crippen molar-refractivity contribution in [2.24, 2.45) is 11.8 Å². The van der Waals surface area contributed by atoms with Crippen molar-refractivity contribution >= 4 is 55.2 Å². The molecule has 0 spiro atoms. The number of aryl methyl sites for hydroxylation is 2. The summed E-state index contributed by atoms with van der Waals surface area (Å²) in [4.78, 5) is 37.2. The number of pyridine rings is 1. The largest absolute Gasteiger partial charge is 0.343 e. The van der Waals surface area contributed by atoms with Crippen LogP contribution >= 0.6 is 43.5 Å². The normalized spacial score (nSPS) is 20.5. The number of rotatable bonds is 8. The van der Waals surface area contributed by atoms with Gasteiger partial charge >= 0.3 is 0 Å². The first-order valence-electron chi connectivity index (χ1n) is 15.0. The molecular weight excluding hydrogens is 668 g/mol. The summed E-state index contributed by atoms with van der Waals surface area (Å²) in [5, 5.41) is 0.766. The van der Waals surface area contributed by atoms with Crippen molar-refractivity contribution in [3.8, 4) is 0 Å². The third kappa shape index (κ3) is 7.61. The van der Waals surface area contributed by atoms with Gasteiger partial charge in [0.15, 0.2) is 0 Å². The molecule has 0 bridgehead atoms. The number of hydrogen-bond donors (Lipinski definition) is 0. The molecule has 222 valence electrons. The van der Waals surface area contributed by atoms with Gasteiger partial charge in [0, 0.05) is 51.5 Å². The second-order valence-corrected chi connectivity index (χ2v) is 14.5. The number of benzene rings is 1. The van der Waals surface area contributed by atoms with Crippen LogP contribution in [0.4, 0.5) is 0 Å². The number of carbonyl (C=O) groups is 2. The molecule has 1 aliphatic carbocycles. The monoisotopic (exact) mass is 706 g/mol. The highest BCUT2D eigenvalue weighted by atomic mass is 79.9. The lowest BCUT2D eigenvalue weighted by atomic mass is 9.76. The quantitative estimate of drug-likeness (QED) is 0.320. The van der Waals surface area contributed by atoms with E-state index in [2.05, 4.69) is 53.8 Å². The molecule has 41 heavy (non-hydrogen) atoms. The predicted octanol–water partition coefficient (Wildman–Crippen LogP) is 6.35. The van der Waals surface area contributed by atoms with E-state index in [-0.39, 0.29) is 17.7 Å². The highest BCUT2D eigenvalue weighted by molar-refractivity contribution is 9.10. The maximum Gasteiger partial charge on any atom is 0.222 e. The van der Waals surface area contributed by atoms with Crippen molar-refractivity contribution in [1.29, 1.82) is 0 Å². The van der Waals surface area contributed by atoms with E-state index in [1.54, 1.807) is 0 Å². The van der Waals surface area contributed by atoms with Crippen LogP contribution in [0.3, 0.4) is 0 Å². The van der Waals surface area contributed by atoms with E-state index in [1.165, 1.54) is 22.4 Å². The van der Waals surface area contributed by atoms with Crippen molar-refractivity contribution in [3.05, 3.63) is 60.7 Å². The smallest absolute Gasteiger partial charge is 0.222 e. The third-order valence-electron chi connectivity index (χ3n) is 9.20. The summed E-state index contributed by atoms with van der Waals surface area (Å²) in [5.74, 6) is 1.31. The molecule has 5 rings (SSSR count). The molecule has 3 heterocycles. The maximum atomic E-state index is 13.3. The molecule has 9 heteroatoms. The fraction of sp³-hybridized carbons (Fsp3) is 0.594. The number of carbonyl (C=O) groups excluding carboxylic acids is 2. The second kappa shape index (κ2) is 14.0. The van der Waals surface area contributed by atoms with E-state index in [4.69, 9.17) is 16.6 Å². The van der Waals surface area contributed by atoms with Crippen LogP contribution in [-0.4, -0.2) is 84.7 Å². The minimum Gasteiger partial charge on any atom is -0.343 e. The lowest BCUT2D eigenvalue weighted by Gasteiger charge is -2.38. The van der Waals surface area contributed by atoms with Crippen LogP contribution in [0.5, 0.6) is 0 Å². The van der Waals surface area contributed by atoms with Gasteiger partial charge in [0.25, 0.3) is 0 Å². The molecule has 6 nitrogen and oxygen atoms in total. The summed E-state index contributed by atoms with van der Waals surface area (Å²) in [7, 11) is 4.07. The van der Waals surface area contributed by atoms with E-state index in [1.807, 2.05) is 31.3 Å². The van der Waals surface area contributed by atoms with Crippen molar-refractivity contribution in [3.63, 3.8) is 0 Å². The molecule has 2 aromatic rings. The Morgan fingerprint density at radius 1 is 1.00 bits per heavy atom. The fourth-order valence-corrected chi connectivity index (χ4v) is 8.48. The van der Waals surface area contributed by atoms with Crippen LogP contribution in [0.1, 0.15) is 66.8 Å². The highest BCUT2D eigenvalue weighted by Crippen LogP contribution is 2.46. The predicted molar refractivity (Wildman–Crippen MR) is 172 cm³/mol. The minimum atomic E-state index is 0.0718. The van der Waals surface area contributed by atoms with Crippen LogP contribution in [-0.2, 0) is 22.4 Å². The zero-order valence-electron chi connectivity index (χ0n) is 24.2. The zero-order chi connectivity index (χ0) is 29.1. The highest BCUT2D eigenvalue weighted by Gasteiger charge is 2.36. The SMILES string of the molecule is CN(C)CCCC(=O)N1CCC(C(=O)CN2CCC([C@H]3c4ncc(Br)cc4CCc4cc(Cl)cc(Br)c43)CC2)CC1. The second-order valence-electron chi connectivity index (χ2n) is 12.3. The molecule has 3 aliphatic rings. The van der Waals surface area contributed by atoms with Crippen LogP contribution < -0.4 is 0 Å². The molecule has 1 aromatic heterocycles. The summed E-state index contributed by atoms with van der Waals surface area (Å²) in [5.41, 5.74) is 5.14. The van der Waals surface area contributed by atoms with Crippen LogP contribution in [0, 0.1) is 11.8 Å². The molecule has 0 radical (unpaired) electrons. The lowest BCUT2D eigenvalue weighted by molar-refractivity contribution is -0.135. The van der Waals surface area contributed by atoms with Crippen LogP contribution in [0.15, 0.2) is 33.3 Å². The minimum absolute atomic E-state index is 0.0718. The number of likely N-dealkylation sites (tertiary alicyclic amines) is 2.